The summed E-state index contributed by atoms with van der Waals surface area (Å²) in [6.07, 6.45) is -0.0272. The molecule has 0 N–H and O–H groups in total. The van der Waals surface area contributed by atoms with Crippen LogP contribution in [0, 0.1) is 12.8 Å². The standard InChI is InChI=1S/C20H22O6/c1-4-24-19(22)17(20(23)25-5-2)12-15-11-16(13(3)26-15)18(21)14-9-7-6-8-10-14/h6-11,17H,4-5,12H2,1-3H3. The third-order valence-corrected chi connectivity index (χ3v) is 3.80. The molecule has 0 radical (unpaired) electrons. The van der Waals surface area contributed by atoms with Gasteiger partial charge in [0.05, 0.1) is 18.8 Å². The summed E-state index contributed by atoms with van der Waals surface area (Å²) in [6, 6.07) is 10.4. The summed E-state index contributed by atoms with van der Waals surface area (Å²) in [5, 5.41) is 0. The Bertz CT molecular complexity index is 757. The summed E-state index contributed by atoms with van der Waals surface area (Å²) < 4.78 is 15.5. The average molecular weight is 358 g/mol. The highest BCUT2D eigenvalue weighted by Crippen LogP contribution is 2.22. The highest BCUT2D eigenvalue weighted by molar-refractivity contribution is 6.09. The zero-order valence-electron chi connectivity index (χ0n) is 15.1. The zero-order chi connectivity index (χ0) is 19.1. The van der Waals surface area contributed by atoms with Gasteiger partial charge in [-0.2, -0.15) is 0 Å². The van der Waals surface area contributed by atoms with Gasteiger partial charge in [0.25, 0.3) is 0 Å². The van der Waals surface area contributed by atoms with Crippen molar-refractivity contribution in [1.82, 2.24) is 0 Å². The van der Waals surface area contributed by atoms with Crippen LogP contribution in [-0.2, 0) is 25.5 Å². The van der Waals surface area contributed by atoms with Gasteiger partial charge in [-0.25, -0.2) is 0 Å². The van der Waals surface area contributed by atoms with Crippen LogP contribution in [0.25, 0.3) is 0 Å². The molecule has 0 saturated heterocycles. The van der Waals surface area contributed by atoms with E-state index in [4.69, 9.17) is 13.9 Å². The minimum absolute atomic E-state index is 0.0272. The first-order chi connectivity index (χ1) is 12.5. The number of hydrogen-bond donors (Lipinski definition) is 0. The van der Waals surface area contributed by atoms with Gasteiger partial charge in [0, 0.05) is 12.0 Å². The fraction of sp³-hybridized carbons (Fsp3) is 0.350. The van der Waals surface area contributed by atoms with Crippen LogP contribution >= 0.6 is 0 Å². The summed E-state index contributed by atoms with van der Waals surface area (Å²) in [5.74, 6) is -1.86. The molecule has 0 amide bonds. The van der Waals surface area contributed by atoms with Crippen LogP contribution in [-0.4, -0.2) is 30.9 Å². The Hall–Kier alpha value is -2.89. The molecule has 0 aliphatic carbocycles. The van der Waals surface area contributed by atoms with Crippen molar-refractivity contribution in [3.05, 3.63) is 59.0 Å². The van der Waals surface area contributed by atoms with E-state index >= 15 is 0 Å². The maximum atomic E-state index is 12.6. The number of carbonyl (C=O) groups excluding carboxylic acids is 3. The summed E-state index contributed by atoms with van der Waals surface area (Å²) in [4.78, 5) is 36.8. The predicted octanol–water partition coefficient (Wildman–Crippen LogP) is 3.10. The number of rotatable bonds is 8. The lowest BCUT2D eigenvalue weighted by molar-refractivity contribution is -0.161. The van der Waals surface area contributed by atoms with E-state index in [2.05, 4.69) is 0 Å². The minimum Gasteiger partial charge on any atom is -0.466 e. The number of benzene rings is 1. The summed E-state index contributed by atoms with van der Waals surface area (Å²) in [7, 11) is 0. The Morgan fingerprint density at radius 2 is 1.58 bits per heavy atom. The van der Waals surface area contributed by atoms with Gasteiger partial charge in [0.15, 0.2) is 11.7 Å². The molecule has 0 unspecified atom stereocenters. The van der Waals surface area contributed by atoms with Gasteiger partial charge in [-0.1, -0.05) is 30.3 Å². The summed E-state index contributed by atoms with van der Waals surface area (Å²) in [6.45, 7) is 5.30. The Balaban J connectivity index is 2.24. The molecule has 2 rings (SSSR count). The van der Waals surface area contributed by atoms with Gasteiger partial charge >= 0.3 is 11.9 Å². The monoisotopic (exact) mass is 358 g/mol. The smallest absolute Gasteiger partial charge is 0.320 e. The van der Waals surface area contributed by atoms with Gasteiger partial charge in [-0.05, 0) is 26.8 Å². The van der Waals surface area contributed by atoms with E-state index in [1.54, 1.807) is 51.1 Å². The number of aryl methyl sites for hydroxylation is 1. The third kappa shape index (κ3) is 4.59. The molecule has 0 aliphatic heterocycles. The molecule has 6 nitrogen and oxygen atoms in total. The van der Waals surface area contributed by atoms with E-state index in [1.165, 1.54) is 0 Å². The molecule has 1 aromatic carbocycles. The van der Waals surface area contributed by atoms with Crippen LogP contribution in [0.1, 0.15) is 41.3 Å². The molecule has 6 heteroatoms. The number of ketones is 1. The molecular formula is C20H22O6. The van der Waals surface area contributed by atoms with Crippen molar-refractivity contribution in [2.75, 3.05) is 13.2 Å². The normalized spacial score (nSPS) is 10.6. The molecule has 0 spiro atoms. The molecule has 0 atom stereocenters. The fourth-order valence-corrected chi connectivity index (χ4v) is 2.56. The molecule has 2 aromatic rings. The first-order valence-corrected chi connectivity index (χ1v) is 8.50. The van der Waals surface area contributed by atoms with Crippen molar-refractivity contribution in [1.29, 1.82) is 0 Å². The summed E-state index contributed by atoms with van der Waals surface area (Å²) >= 11 is 0. The molecule has 1 aromatic heterocycles. The first-order valence-electron chi connectivity index (χ1n) is 8.50. The lowest BCUT2D eigenvalue weighted by Gasteiger charge is -2.12. The van der Waals surface area contributed by atoms with Crippen LogP contribution < -0.4 is 0 Å². The fourth-order valence-electron chi connectivity index (χ4n) is 2.56. The van der Waals surface area contributed by atoms with Gasteiger partial charge < -0.3 is 13.9 Å². The molecule has 0 saturated carbocycles. The van der Waals surface area contributed by atoms with E-state index in [-0.39, 0.29) is 25.4 Å². The van der Waals surface area contributed by atoms with Crippen LogP contribution in [0.15, 0.2) is 40.8 Å². The Morgan fingerprint density at radius 3 is 2.12 bits per heavy atom. The molecule has 138 valence electrons. The second kappa shape index (κ2) is 8.99. The van der Waals surface area contributed by atoms with Gasteiger partial charge in [-0.15, -0.1) is 0 Å². The number of hydrogen-bond acceptors (Lipinski definition) is 6. The lowest BCUT2D eigenvalue weighted by atomic mass is 10.0. The highest BCUT2D eigenvalue weighted by Gasteiger charge is 2.31. The van der Waals surface area contributed by atoms with Crippen LogP contribution in [0.4, 0.5) is 0 Å². The Kier molecular flexibility index (Phi) is 6.72. The minimum atomic E-state index is -1.12. The maximum absolute atomic E-state index is 12.6. The predicted molar refractivity (Wildman–Crippen MR) is 93.8 cm³/mol. The molecular weight excluding hydrogens is 336 g/mol. The van der Waals surface area contributed by atoms with Gasteiger partial charge in [0.1, 0.15) is 11.5 Å². The van der Waals surface area contributed by atoms with Crippen molar-refractivity contribution in [3.8, 4) is 0 Å². The number of esters is 2. The molecule has 0 bridgehead atoms. The van der Waals surface area contributed by atoms with Crippen molar-refractivity contribution >= 4 is 17.7 Å². The van der Waals surface area contributed by atoms with E-state index in [0.29, 0.717) is 22.6 Å². The Morgan fingerprint density at radius 1 is 1.00 bits per heavy atom. The second-order valence-electron chi connectivity index (χ2n) is 5.64. The average Bonchev–Trinajstić information content (AvgIpc) is 3.00. The number of ether oxygens (including phenoxy) is 2. The quantitative estimate of drug-likeness (QED) is 0.410. The summed E-state index contributed by atoms with van der Waals surface area (Å²) in [5.41, 5.74) is 0.938. The topological polar surface area (TPSA) is 82.8 Å². The lowest BCUT2D eigenvalue weighted by Crippen LogP contribution is -2.29. The van der Waals surface area contributed by atoms with E-state index < -0.39 is 17.9 Å². The number of carbonyl (C=O) groups is 3. The molecule has 26 heavy (non-hydrogen) atoms. The van der Waals surface area contributed by atoms with E-state index in [0.717, 1.165) is 0 Å². The maximum Gasteiger partial charge on any atom is 0.320 e. The van der Waals surface area contributed by atoms with Crippen molar-refractivity contribution in [2.45, 2.75) is 27.2 Å². The van der Waals surface area contributed by atoms with E-state index in [1.807, 2.05) is 6.07 Å². The van der Waals surface area contributed by atoms with Gasteiger partial charge in [0.2, 0.25) is 0 Å². The third-order valence-electron chi connectivity index (χ3n) is 3.80. The largest absolute Gasteiger partial charge is 0.466 e. The van der Waals surface area contributed by atoms with Crippen molar-refractivity contribution in [3.63, 3.8) is 0 Å². The second-order valence-corrected chi connectivity index (χ2v) is 5.64. The van der Waals surface area contributed by atoms with Gasteiger partial charge in [-0.3, -0.25) is 14.4 Å². The molecule has 0 fully saturated rings. The van der Waals surface area contributed by atoms with Crippen LogP contribution in [0.5, 0.6) is 0 Å². The molecule has 0 aliphatic rings. The highest BCUT2D eigenvalue weighted by atomic mass is 16.6. The SMILES string of the molecule is CCOC(=O)C(Cc1cc(C(=O)c2ccccc2)c(C)o1)C(=O)OCC. The van der Waals surface area contributed by atoms with Crippen molar-refractivity contribution in [2.24, 2.45) is 5.92 Å². The zero-order valence-corrected chi connectivity index (χ0v) is 15.1. The van der Waals surface area contributed by atoms with E-state index in [9.17, 15) is 14.4 Å². The van der Waals surface area contributed by atoms with Crippen LogP contribution in [0.2, 0.25) is 0 Å². The molecule has 1 heterocycles. The Labute approximate surface area is 152 Å². The van der Waals surface area contributed by atoms with Crippen molar-refractivity contribution < 1.29 is 28.3 Å². The van der Waals surface area contributed by atoms with Crippen LogP contribution in [0.3, 0.4) is 0 Å². The number of furan rings is 1. The first kappa shape index (κ1) is 19.4.